The number of piperidine rings is 1. The van der Waals surface area contributed by atoms with Gasteiger partial charge in [-0.25, -0.2) is 4.79 Å². The van der Waals surface area contributed by atoms with Crippen LogP contribution in [0.4, 0.5) is 10.5 Å². The molecule has 1 aromatic carbocycles. The van der Waals surface area contributed by atoms with Gasteiger partial charge in [0.25, 0.3) is 0 Å². The lowest BCUT2D eigenvalue weighted by molar-refractivity contribution is -0.140. The van der Waals surface area contributed by atoms with Gasteiger partial charge >= 0.3 is 6.03 Å². The van der Waals surface area contributed by atoms with Gasteiger partial charge in [-0.2, -0.15) is 0 Å². The summed E-state index contributed by atoms with van der Waals surface area (Å²) in [7, 11) is 0. The lowest BCUT2D eigenvalue weighted by Crippen LogP contribution is -2.48. The summed E-state index contributed by atoms with van der Waals surface area (Å²) in [5.74, 6) is 0.205. The number of rotatable bonds is 2. The number of urea groups is 1. The molecule has 2 fully saturated rings. The molecule has 2 heterocycles. The Kier molecular flexibility index (Phi) is 5.58. The van der Waals surface area contributed by atoms with Crippen LogP contribution in [0.5, 0.6) is 0 Å². The number of hydrogen-bond donors (Lipinski definition) is 1. The molecule has 3 rings (SSSR count). The molecule has 0 atom stereocenters. The highest BCUT2D eigenvalue weighted by molar-refractivity contribution is 6.33. The Morgan fingerprint density at radius 3 is 2.38 bits per heavy atom. The average Bonchev–Trinajstić information content (AvgIpc) is 2.64. The minimum Gasteiger partial charge on any atom is -0.378 e. The topological polar surface area (TPSA) is 61.9 Å². The van der Waals surface area contributed by atoms with Gasteiger partial charge in [0, 0.05) is 32.1 Å². The fourth-order valence-electron chi connectivity index (χ4n) is 3.13. The highest BCUT2D eigenvalue weighted by Crippen LogP contribution is 2.23. The van der Waals surface area contributed by atoms with Crippen molar-refractivity contribution >= 4 is 29.2 Å². The van der Waals surface area contributed by atoms with Crippen molar-refractivity contribution in [2.24, 2.45) is 5.92 Å². The second kappa shape index (κ2) is 7.85. The van der Waals surface area contributed by atoms with Crippen molar-refractivity contribution in [1.29, 1.82) is 0 Å². The third-order valence-corrected chi connectivity index (χ3v) is 4.90. The van der Waals surface area contributed by atoms with Crippen LogP contribution in [-0.2, 0) is 9.53 Å². The third kappa shape index (κ3) is 3.99. The Morgan fingerprint density at radius 2 is 1.71 bits per heavy atom. The maximum Gasteiger partial charge on any atom is 0.321 e. The highest BCUT2D eigenvalue weighted by Gasteiger charge is 2.30. The lowest BCUT2D eigenvalue weighted by atomic mass is 9.95. The van der Waals surface area contributed by atoms with Crippen molar-refractivity contribution in [3.05, 3.63) is 29.3 Å². The smallest absolute Gasteiger partial charge is 0.321 e. The van der Waals surface area contributed by atoms with Crippen LogP contribution >= 0.6 is 11.6 Å². The van der Waals surface area contributed by atoms with E-state index in [2.05, 4.69) is 5.32 Å². The number of carbonyl (C=O) groups excluding carboxylic acids is 2. The first-order chi connectivity index (χ1) is 11.6. The number of hydrogen-bond acceptors (Lipinski definition) is 3. The number of nitrogens with one attached hydrogen (secondary N) is 1. The number of ether oxygens (including phenoxy) is 1. The van der Waals surface area contributed by atoms with Gasteiger partial charge in [-0.1, -0.05) is 23.7 Å². The third-order valence-electron chi connectivity index (χ3n) is 4.57. The highest BCUT2D eigenvalue weighted by atomic mass is 35.5. The molecule has 24 heavy (non-hydrogen) atoms. The summed E-state index contributed by atoms with van der Waals surface area (Å²) in [5, 5.41) is 3.35. The molecule has 0 spiro atoms. The van der Waals surface area contributed by atoms with Crippen molar-refractivity contribution in [2.45, 2.75) is 12.8 Å². The average molecular weight is 352 g/mol. The summed E-state index contributed by atoms with van der Waals surface area (Å²) in [4.78, 5) is 28.5. The molecular formula is C17H22ClN3O3. The first-order valence-electron chi connectivity index (χ1n) is 8.32. The molecule has 0 bridgehead atoms. The molecule has 0 aliphatic carbocycles. The first kappa shape index (κ1) is 17.0. The molecule has 2 saturated heterocycles. The van der Waals surface area contributed by atoms with E-state index >= 15 is 0 Å². The summed E-state index contributed by atoms with van der Waals surface area (Å²) in [6.45, 7) is 3.74. The van der Waals surface area contributed by atoms with Gasteiger partial charge < -0.3 is 19.9 Å². The van der Waals surface area contributed by atoms with E-state index in [4.69, 9.17) is 16.3 Å². The van der Waals surface area contributed by atoms with Crippen LogP contribution in [0.15, 0.2) is 24.3 Å². The molecule has 0 radical (unpaired) electrons. The Morgan fingerprint density at radius 1 is 1.04 bits per heavy atom. The summed E-state index contributed by atoms with van der Waals surface area (Å²) < 4.78 is 5.29. The number of para-hydroxylation sites is 1. The zero-order valence-corrected chi connectivity index (χ0v) is 14.3. The maximum absolute atomic E-state index is 12.5. The molecule has 1 aromatic rings. The van der Waals surface area contributed by atoms with Crippen molar-refractivity contribution in [2.75, 3.05) is 44.7 Å². The number of amides is 3. The van der Waals surface area contributed by atoms with E-state index in [0.29, 0.717) is 62.9 Å². The largest absolute Gasteiger partial charge is 0.378 e. The van der Waals surface area contributed by atoms with Crippen LogP contribution in [0.3, 0.4) is 0 Å². The first-order valence-corrected chi connectivity index (χ1v) is 8.70. The Balaban J connectivity index is 1.50. The number of nitrogens with zero attached hydrogens (tertiary/aromatic N) is 2. The van der Waals surface area contributed by atoms with E-state index in [9.17, 15) is 9.59 Å². The number of carbonyl (C=O) groups is 2. The van der Waals surface area contributed by atoms with Gasteiger partial charge in [0.05, 0.1) is 23.9 Å². The molecule has 0 saturated carbocycles. The van der Waals surface area contributed by atoms with Gasteiger partial charge in [-0.3, -0.25) is 4.79 Å². The summed E-state index contributed by atoms with van der Waals surface area (Å²) >= 11 is 6.06. The van der Waals surface area contributed by atoms with E-state index in [1.165, 1.54) is 0 Å². The van der Waals surface area contributed by atoms with Crippen LogP contribution < -0.4 is 5.32 Å². The van der Waals surface area contributed by atoms with Crippen LogP contribution in [0.25, 0.3) is 0 Å². The monoisotopic (exact) mass is 351 g/mol. The fourth-order valence-corrected chi connectivity index (χ4v) is 3.31. The zero-order valence-electron chi connectivity index (χ0n) is 13.5. The Hall–Kier alpha value is -1.79. The normalized spacial score (nSPS) is 19.2. The van der Waals surface area contributed by atoms with E-state index in [-0.39, 0.29) is 17.9 Å². The van der Waals surface area contributed by atoms with E-state index in [0.717, 1.165) is 0 Å². The molecule has 6 nitrogen and oxygen atoms in total. The van der Waals surface area contributed by atoms with E-state index in [1.54, 1.807) is 17.0 Å². The number of anilines is 1. The summed E-state index contributed by atoms with van der Waals surface area (Å²) in [6.07, 6.45) is 1.40. The molecule has 0 unspecified atom stereocenters. The molecule has 130 valence electrons. The summed E-state index contributed by atoms with van der Waals surface area (Å²) in [5.41, 5.74) is 0.607. The predicted molar refractivity (Wildman–Crippen MR) is 92.2 cm³/mol. The minimum absolute atomic E-state index is 0.00691. The van der Waals surface area contributed by atoms with Crippen LogP contribution in [0, 0.1) is 5.92 Å². The second-order valence-corrected chi connectivity index (χ2v) is 6.52. The molecule has 7 heteroatoms. The van der Waals surface area contributed by atoms with Crippen molar-refractivity contribution in [3.8, 4) is 0 Å². The number of halogens is 1. The molecule has 2 aliphatic rings. The van der Waals surface area contributed by atoms with Gasteiger partial charge in [0.1, 0.15) is 0 Å². The van der Waals surface area contributed by atoms with E-state index in [1.807, 2.05) is 17.0 Å². The quantitative estimate of drug-likeness (QED) is 0.890. The SMILES string of the molecule is O=C(Nc1ccccc1Cl)N1CCC(C(=O)N2CCOCC2)CC1. The van der Waals surface area contributed by atoms with Crippen molar-refractivity contribution in [3.63, 3.8) is 0 Å². The van der Waals surface area contributed by atoms with Crippen LogP contribution in [-0.4, -0.2) is 61.1 Å². The number of benzene rings is 1. The zero-order chi connectivity index (χ0) is 16.9. The number of likely N-dealkylation sites (tertiary alicyclic amines) is 1. The van der Waals surface area contributed by atoms with Crippen molar-refractivity contribution < 1.29 is 14.3 Å². The van der Waals surface area contributed by atoms with Crippen LogP contribution in [0.2, 0.25) is 5.02 Å². The Bertz CT molecular complexity index is 596. The molecule has 0 aromatic heterocycles. The number of morpholine rings is 1. The van der Waals surface area contributed by atoms with Crippen molar-refractivity contribution in [1.82, 2.24) is 9.80 Å². The lowest BCUT2D eigenvalue weighted by Gasteiger charge is -2.35. The summed E-state index contributed by atoms with van der Waals surface area (Å²) in [6, 6.07) is 7.00. The molecule has 3 amide bonds. The molecule has 1 N–H and O–H groups in total. The predicted octanol–water partition coefficient (Wildman–Crippen LogP) is 2.44. The van der Waals surface area contributed by atoms with Gasteiger partial charge in [0.15, 0.2) is 0 Å². The standard InChI is InChI=1S/C17H22ClN3O3/c18-14-3-1-2-4-15(14)19-17(23)21-7-5-13(6-8-21)16(22)20-9-11-24-12-10-20/h1-4,13H,5-12H2,(H,19,23). The fraction of sp³-hybridized carbons (Fsp3) is 0.529. The van der Waals surface area contributed by atoms with Gasteiger partial charge in [-0.05, 0) is 25.0 Å². The maximum atomic E-state index is 12.5. The van der Waals surface area contributed by atoms with Gasteiger partial charge in [0.2, 0.25) is 5.91 Å². The second-order valence-electron chi connectivity index (χ2n) is 6.11. The van der Waals surface area contributed by atoms with Crippen LogP contribution in [0.1, 0.15) is 12.8 Å². The molecule has 2 aliphatic heterocycles. The Labute approximate surface area is 146 Å². The minimum atomic E-state index is -0.166. The molecular weight excluding hydrogens is 330 g/mol. The van der Waals surface area contributed by atoms with Gasteiger partial charge in [-0.15, -0.1) is 0 Å². The van der Waals surface area contributed by atoms with E-state index < -0.39 is 0 Å².